The second-order valence-electron chi connectivity index (χ2n) is 5.82. The molecular weight excluding hydrogens is 310 g/mol. The maximum absolute atomic E-state index is 12.7. The number of nitrogens with zero attached hydrogens (tertiary/aromatic N) is 1. The van der Waals surface area contributed by atoms with Crippen LogP contribution >= 0.6 is 0 Å². The Hall–Kier alpha value is -2.24. The number of benzene rings is 1. The van der Waals surface area contributed by atoms with Gasteiger partial charge in [-0.1, -0.05) is 13.0 Å². The van der Waals surface area contributed by atoms with Crippen molar-refractivity contribution in [2.24, 2.45) is 5.92 Å². The molecule has 6 nitrogen and oxygen atoms in total. The number of hydrogen-bond donors (Lipinski definition) is 0. The lowest BCUT2D eigenvalue weighted by Gasteiger charge is -2.33. The van der Waals surface area contributed by atoms with E-state index in [0.29, 0.717) is 43.9 Å². The van der Waals surface area contributed by atoms with Crippen LogP contribution in [-0.2, 0) is 14.3 Å². The van der Waals surface area contributed by atoms with Crippen LogP contribution in [0.3, 0.4) is 0 Å². The first kappa shape index (κ1) is 18.1. The maximum Gasteiger partial charge on any atom is 0.308 e. The highest BCUT2D eigenvalue weighted by Crippen LogP contribution is 2.23. The predicted octanol–water partition coefficient (Wildman–Crippen LogP) is 2.26. The van der Waals surface area contributed by atoms with Crippen molar-refractivity contribution < 1.29 is 23.8 Å². The standard InChI is InChI=1S/C18H25NO5/c1-4-16(24-15-7-5-6-14(12-15)22-2)17(20)19-10-8-13(9-11-19)18(21)23-3/h5-7,12-13,16H,4,8-11H2,1-3H3/t16-/m0/s1. The molecule has 1 fully saturated rings. The smallest absolute Gasteiger partial charge is 0.308 e. The summed E-state index contributed by atoms with van der Waals surface area (Å²) >= 11 is 0. The van der Waals surface area contributed by atoms with Gasteiger partial charge in [0.05, 0.1) is 20.1 Å². The van der Waals surface area contributed by atoms with Crippen molar-refractivity contribution in [2.75, 3.05) is 27.3 Å². The molecule has 0 spiro atoms. The van der Waals surface area contributed by atoms with E-state index in [1.165, 1.54) is 7.11 Å². The summed E-state index contributed by atoms with van der Waals surface area (Å²) in [5.41, 5.74) is 0. The molecule has 0 N–H and O–H groups in total. The van der Waals surface area contributed by atoms with Gasteiger partial charge in [0.25, 0.3) is 5.91 Å². The fourth-order valence-electron chi connectivity index (χ4n) is 2.85. The van der Waals surface area contributed by atoms with Crippen molar-refractivity contribution in [1.29, 1.82) is 0 Å². The number of rotatable bonds is 6. The van der Waals surface area contributed by atoms with E-state index in [0.717, 1.165) is 0 Å². The number of hydrogen-bond acceptors (Lipinski definition) is 5. The van der Waals surface area contributed by atoms with Crippen molar-refractivity contribution >= 4 is 11.9 Å². The lowest BCUT2D eigenvalue weighted by molar-refractivity contribution is -0.150. The molecule has 1 aliphatic rings. The van der Waals surface area contributed by atoms with Gasteiger partial charge in [0.1, 0.15) is 11.5 Å². The highest BCUT2D eigenvalue weighted by molar-refractivity contribution is 5.81. The van der Waals surface area contributed by atoms with Crippen LogP contribution < -0.4 is 9.47 Å². The molecular formula is C18H25NO5. The Morgan fingerprint density at radius 2 is 1.88 bits per heavy atom. The largest absolute Gasteiger partial charge is 0.497 e. The third-order valence-corrected chi connectivity index (χ3v) is 4.31. The topological polar surface area (TPSA) is 65.1 Å². The van der Waals surface area contributed by atoms with Gasteiger partial charge in [-0.2, -0.15) is 0 Å². The predicted molar refractivity (Wildman–Crippen MR) is 89.0 cm³/mol. The van der Waals surface area contributed by atoms with Crippen LogP contribution in [-0.4, -0.2) is 50.2 Å². The van der Waals surface area contributed by atoms with E-state index >= 15 is 0 Å². The molecule has 0 bridgehead atoms. The van der Waals surface area contributed by atoms with Crippen LogP contribution in [0.2, 0.25) is 0 Å². The van der Waals surface area contributed by atoms with Gasteiger partial charge in [0.15, 0.2) is 6.10 Å². The zero-order valence-electron chi connectivity index (χ0n) is 14.5. The molecule has 1 atom stereocenters. The first-order valence-electron chi connectivity index (χ1n) is 8.26. The summed E-state index contributed by atoms with van der Waals surface area (Å²) in [7, 11) is 2.99. The molecule has 132 valence electrons. The van der Waals surface area contributed by atoms with Crippen molar-refractivity contribution in [1.82, 2.24) is 4.90 Å². The molecule has 0 aromatic heterocycles. The summed E-state index contributed by atoms with van der Waals surface area (Å²) in [4.78, 5) is 26.0. The fourth-order valence-corrected chi connectivity index (χ4v) is 2.85. The molecule has 1 aromatic carbocycles. The minimum atomic E-state index is -0.535. The van der Waals surface area contributed by atoms with Crippen LogP contribution in [0.5, 0.6) is 11.5 Å². The molecule has 0 aliphatic carbocycles. The van der Waals surface area contributed by atoms with Crippen LogP contribution in [0.25, 0.3) is 0 Å². The second-order valence-corrected chi connectivity index (χ2v) is 5.82. The van der Waals surface area contributed by atoms with Gasteiger partial charge < -0.3 is 19.1 Å². The zero-order chi connectivity index (χ0) is 17.5. The Kier molecular flexibility index (Phi) is 6.46. The Balaban J connectivity index is 1.95. The van der Waals surface area contributed by atoms with E-state index in [9.17, 15) is 9.59 Å². The molecule has 24 heavy (non-hydrogen) atoms. The molecule has 1 aromatic rings. The average molecular weight is 335 g/mol. The normalized spacial score (nSPS) is 16.4. The molecule has 0 radical (unpaired) electrons. The second kappa shape index (κ2) is 8.57. The van der Waals surface area contributed by atoms with Crippen molar-refractivity contribution in [3.63, 3.8) is 0 Å². The molecule has 0 unspecified atom stereocenters. The Bertz CT molecular complexity index is 566. The van der Waals surface area contributed by atoms with Crippen molar-refractivity contribution in [3.05, 3.63) is 24.3 Å². The Morgan fingerprint density at radius 1 is 1.21 bits per heavy atom. The lowest BCUT2D eigenvalue weighted by atomic mass is 9.96. The van der Waals surface area contributed by atoms with Gasteiger partial charge in [-0.3, -0.25) is 9.59 Å². The number of likely N-dealkylation sites (tertiary alicyclic amines) is 1. The van der Waals surface area contributed by atoms with Crippen molar-refractivity contribution in [3.8, 4) is 11.5 Å². The monoisotopic (exact) mass is 335 g/mol. The van der Waals surface area contributed by atoms with Crippen molar-refractivity contribution in [2.45, 2.75) is 32.3 Å². The van der Waals surface area contributed by atoms with E-state index in [-0.39, 0.29) is 17.8 Å². The van der Waals surface area contributed by atoms with E-state index < -0.39 is 6.10 Å². The van der Waals surface area contributed by atoms with Gasteiger partial charge >= 0.3 is 5.97 Å². The average Bonchev–Trinajstić information content (AvgIpc) is 2.65. The maximum atomic E-state index is 12.7. The number of esters is 1. The number of amides is 1. The SMILES string of the molecule is CC[C@H](Oc1cccc(OC)c1)C(=O)N1CCC(C(=O)OC)CC1. The molecule has 0 saturated carbocycles. The minimum absolute atomic E-state index is 0.0383. The summed E-state index contributed by atoms with van der Waals surface area (Å²) in [6.45, 7) is 3.02. The third-order valence-electron chi connectivity index (χ3n) is 4.31. The molecule has 1 amide bonds. The number of carbonyl (C=O) groups is 2. The van der Waals surface area contributed by atoms with Gasteiger partial charge in [0, 0.05) is 19.2 Å². The molecule has 2 rings (SSSR count). The van der Waals surface area contributed by atoms with E-state index in [1.807, 2.05) is 25.1 Å². The quantitative estimate of drug-likeness (QED) is 0.746. The number of carbonyl (C=O) groups excluding carboxylic acids is 2. The van der Waals surface area contributed by atoms with Crippen LogP contribution in [0, 0.1) is 5.92 Å². The first-order valence-corrected chi connectivity index (χ1v) is 8.26. The fraction of sp³-hybridized carbons (Fsp3) is 0.556. The first-order chi connectivity index (χ1) is 11.6. The van der Waals surface area contributed by atoms with E-state index in [4.69, 9.17) is 14.2 Å². The molecule has 1 heterocycles. The summed E-state index contributed by atoms with van der Waals surface area (Å²) in [5, 5.41) is 0. The van der Waals surface area contributed by atoms with Gasteiger partial charge in [0.2, 0.25) is 0 Å². The summed E-state index contributed by atoms with van der Waals surface area (Å²) in [6.07, 6.45) is 1.31. The highest BCUT2D eigenvalue weighted by atomic mass is 16.5. The van der Waals surface area contributed by atoms with Crippen LogP contribution in [0.4, 0.5) is 0 Å². The molecule has 1 saturated heterocycles. The zero-order valence-corrected chi connectivity index (χ0v) is 14.5. The highest BCUT2D eigenvalue weighted by Gasteiger charge is 2.31. The number of piperidine rings is 1. The number of ether oxygens (including phenoxy) is 3. The molecule has 6 heteroatoms. The summed E-state index contributed by atoms with van der Waals surface area (Å²) in [5.74, 6) is 0.955. The van der Waals surface area contributed by atoms with E-state index in [1.54, 1.807) is 18.1 Å². The van der Waals surface area contributed by atoms with Crippen LogP contribution in [0.15, 0.2) is 24.3 Å². The summed E-state index contributed by atoms with van der Waals surface area (Å²) in [6, 6.07) is 7.22. The van der Waals surface area contributed by atoms with Gasteiger partial charge in [-0.05, 0) is 31.4 Å². The summed E-state index contributed by atoms with van der Waals surface area (Å²) < 4.78 is 15.8. The Morgan fingerprint density at radius 3 is 2.46 bits per heavy atom. The van der Waals surface area contributed by atoms with Crippen LogP contribution in [0.1, 0.15) is 26.2 Å². The third kappa shape index (κ3) is 4.40. The molecule has 1 aliphatic heterocycles. The lowest BCUT2D eigenvalue weighted by Crippen LogP contribution is -2.46. The Labute approximate surface area is 142 Å². The van der Waals surface area contributed by atoms with E-state index in [2.05, 4.69) is 0 Å². The minimum Gasteiger partial charge on any atom is -0.497 e. The van der Waals surface area contributed by atoms with Gasteiger partial charge in [-0.25, -0.2) is 0 Å². The number of methoxy groups -OCH3 is 2. The van der Waals surface area contributed by atoms with Gasteiger partial charge in [-0.15, -0.1) is 0 Å².